The van der Waals surface area contributed by atoms with Gasteiger partial charge in [0.25, 0.3) is 5.91 Å². The van der Waals surface area contributed by atoms with Gasteiger partial charge in [0.1, 0.15) is 6.61 Å². The van der Waals surface area contributed by atoms with Crippen molar-refractivity contribution in [1.29, 1.82) is 0 Å². The minimum absolute atomic E-state index is 0.162. The highest BCUT2D eigenvalue weighted by Gasteiger charge is 2.26. The highest BCUT2D eigenvalue weighted by Crippen LogP contribution is 2.30. The summed E-state index contributed by atoms with van der Waals surface area (Å²) in [5.74, 6) is 0.856. The SMILES string of the molecule is O=C(N/N=C/c1cccc(Br)c1)C1COc2ccccc2O1. The third-order valence-corrected chi connectivity index (χ3v) is 3.53. The molecule has 1 aliphatic heterocycles. The fourth-order valence-corrected chi connectivity index (χ4v) is 2.39. The van der Waals surface area contributed by atoms with E-state index in [0.717, 1.165) is 10.0 Å². The van der Waals surface area contributed by atoms with Crippen LogP contribution in [0.15, 0.2) is 58.1 Å². The smallest absolute Gasteiger partial charge is 0.284 e. The first kappa shape index (κ1) is 14.6. The van der Waals surface area contributed by atoms with Gasteiger partial charge < -0.3 is 9.47 Å². The molecule has 2 aromatic carbocycles. The molecule has 5 nitrogen and oxygen atoms in total. The van der Waals surface area contributed by atoms with E-state index in [4.69, 9.17) is 9.47 Å². The molecule has 1 unspecified atom stereocenters. The number of hydrazone groups is 1. The molecule has 0 radical (unpaired) electrons. The standard InChI is InChI=1S/C16H13BrN2O3/c17-12-5-3-4-11(8-12)9-18-19-16(20)15-10-21-13-6-1-2-7-14(13)22-15/h1-9,15H,10H2,(H,19,20)/b18-9+. The van der Waals surface area contributed by atoms with Gasteiger partial charge in [0.15, 0.2) is 11.5 Å². The van der Waals surface area contributed by atoms with Gasteiger partial charge in [0.05, 0.1) is 6.21 Å². The first-order valence-electron chi connectivity index (χ1n) is 6.69. The van der Waals surface area contributed by atoms with Crippen LogP contribution in [-0.2, 0) is 4.79 Å². The van der Waals surface area contributed by atoms with Crippen molar-refractivity contribution < 1.29 is 14.3 Å². The average Bonchev–Trinajstić information content (AvgIpc) is 2.54. The molecule has 0 aromatic heterocycles. The zero-order chi connectivity index (χ0) is 15.4. The second kappa shape index (κ2) is 6.62. The Morgan fingerprint density at radius 1 is 1.23 bits per heavy atom. The molecule has 1 N–H and O–H groups in total. The fraction of sp³-hybridized carbons (Fsp3) is 0.125. The first-order chi connectivity index (χ1) is 10.7. The van der Waals surface area contributed by atoms with Crippen molar-refractivity contribution >= 4 is 28.1 Å². The molecule has 0 aliphatic carbocycles. The van der Waals surface area contributed by atoms with Crippen LogP contribution in [0.25, 0.3) is 0 Å². The Labute approximate surface area is 136 Å². The normalized spacial score (nSPS) is 16.5. The Kier molecular flexibility index (Phi) is 4.39. The number of ether oxygens (including phenoxy) is 2. The van der Waals surface area contributed by atoms with E-state index in [1.54, 1.807) is 18.3 Å². The molecule has 0 saturated carbocycles. The first-order valence-corrected chi connectivity index (χ1v) is 7.48. The lowest BCUT2D eigenvalue weighted by atomic mass is 10.2. The second-order valence-corrected chi connectivity index (χ2v) is 5.57. The lowest BCUT2D eigenvalue weighted by Crippen LogP contribution is -2.42. The number of carbonyl (C=O) groups is 1. The quantitative estimate of drug-likeness (QED) is 0.676. The predicted octanol–water partition coefficient (Wildman–Crippen LogP) is 2.74. The molecule has 0 fully saturated rings. The minimum Gasteiger partial charge on any atom is -0.485 e. The van der Waals surface area contributed by atoms with Crippen molar-refractivity contribution in [3.05, 3.63) is 58.6 Å². The monoisotopic (exact) mass is 360 g/mol. The maximum atomic E-state index is 12.0. The Hall–Kier alpha value is -2.34. The summed E-state index contributed by atoms with van der Waals surface area (Å²) in [6.07, 6.45) is 0.856. The molecule has 112 valence electrons. The zero-order valence-electron chi connectivity index (χ0n) is 11.5. The Morgan fingerprint density at radius 3 is 2.86 bits per heavy atom. The molecule has 0 saturated heterocycles. The topological polar surface area (TPSA) is 59.9 Å². The summed E-state index contributed by atoms with van der Waals surface area (Å²) in [5.41, 5.74) is 3.34. The van der Waals surface area contributed by atoms with Crippen molar-refractivity contribution in [2.75, 3.05) is 6.61 Å². The van der Waals surface area contributed by atoms with E-state index in [9.17, 15) is 4.79 Å². The highest BCUT2D eigenvalue weighted by molar-refractivity contribution is 9.10. The van der Waals surface area contributed by atoms with Gasteiger partial charge in [0, 0.05) is 4.47 Å². The number of halogens is 1. The van der Waals surface area contributed by atoms with Crippen LogP contribution in [0.1, 0.15) is 5.56 Å². The molecule has 1 heterocycles. The van der Waals surface area contributed by atoms with Crippen molar-refractivity contribution in [3.63, 3.8) is 0 Å². The highest BCUT2D eigenvalue weighted by atomic mass is 79.9. The summed E-state index contributed by atoms with van der Waals surface area (Å²) in [4.78, 5) is 12.0. The number of fused-ring (bicyclic) bond motifs is 1. The zero-order valence-corrected chi connectivity index (χ0v) is 13.1. The lowest BCUT2D eigenvalue weighted by Gasteiger charge is -2.24. The van der Waals surface area contributed by atoms with Gasteiger partial charge in [-0.2, -0.15) is 5.10 Å². The van der Waals surface area contributed by atoms with Crippen LogP contribution in [0.2, 0.25) is 0 Å². The van der Waals surface area contributed by atoms with Crippen LogP contribution < -0.4 is 14.9 Å². The molecule has 2 aromatic rings. The third-order valence-electron chi connectivity index (χ3n) is 3.04. The van der Waals surface area contributed by atoms with Crippen molar-refractivity contribution in [1.82, 2.24) is 5.43 Å². The summed E-state index contributed by atoms with van der Waals surface area (Å²) < 4.78 is 12.0. The fourth-order valence-electron chi connectivity index (χ4n) is 1.98. The van der Waals surface area contributed by atoms with Crippen LogP contribution in [0, 0.1) is 0 Å². The maximum Gasteiger partial charge on any atom is 0.284 e. The minimum atomic E-state index is -0.713. The van der Waals surface area contributed by atoms with Gasteiger partial charge in [0.2, 0.25) is 6.10 Å². The number of benzene rings is 2. The van der Waals surface area contributed by atoms with E-state index < -0.39 is 6.10 Å². The van der Waals surface area contributed by atoms with Gasteiger partial charge in [-0.25, -0.2) is 5.43 Å². The summed E-state index contributed by atoms with van der Waals surface area (Å²) in [6.45, 7) is 0.162. The molecule has 3 rings (SSSR count). The Bertz CT molecular complexity index is 718. The third kappa shape index (κ3) is 3.46. The molecule has 0 bridgehead atoms. The van der Waals surface area contributed by atoms with Gasteiger partial charge in [-0.05, 0) is 29.8 Å². The predicted molar refractivity (Wildman–Crippen MR) is 86.2 cm³/mol. The molecule has 1 atom stereocenters. The second-order valence-electron chi connectivity index (χ2n) is 4.65. The van der Waals surface area contributed by atoms with E-state index in [0.29, 0.717) is 11.5 Å². The van der Waals surface area contributed by atoms with Gasteiger partial charge >= 0.3 is 0 Å². The van der Waals surface area contributed by atoms with Crippen molar-refractivity contribution in [2.45, 2.75) is 6.10 Å². The number of nitrogens with zero attached hydrogens (tertiary/aromatic N) is 1. The number of carbonyl (C=O) groups excluding carboxylic acids is 1. The van der Waals surface area contributed by atoms with Gasteiger partial charge in [-0.15, -0.1) is 0 Å². The molecule has 0 spiro atoms. The summed E-state index contributed by atoms with van der Waals surface area (Å²) >= 11 is 3.38. The summed E-state index contributed by atoms with van der Waals surface area (Å²) in [5, 5.41) is 3.93. The molecular weight excluding hydrogens is 348 g/mol. The summed E-state index contributed by atoms with van der Waals surface area (Å²) in [7, 11) is 0. The Morgan fingerprint density at radius 2 is 2.05 bits per heavy atom. The molecule has 6 heteroatoms. The Balaban J connectivity index is 1.59. The van der Waals surface area contributed by atoms with E-state index >= 15 is 0 Å². The largest absolute Gasteiger partial charge is 0.485 e. The number of rotatable bonds is 3. The number of hydrogen-bond donors (Lipinski definition) is 1. The van der Waals surface area contributed by atoms with Crippen LogP contribution in [0.5, 0.6) is 11.5 Å². The van der Waals surface area contributed by atoms with Crippen LogP contribution in [0.4, 0.5) is 0 Å². The van der Waals surface area contributed by atoms with Gasteiger partial charge in [-0.1, -0.05) is 40.2 Å². The lowest BCUT2D eigenvalue weighted by molar-refractivity contribution is -0.130. The van der Waals surface area contributed by atoms with Gasteiger partial charge in [-0.3, -0.25) is 4.79 Å². The number of hydrogen-bond acceptors (Lipinski definition) is 4. The number of nitrogens with one attached hydrogen (secondary N) is 1. The van der Waals surface area contributed by atoms with Crippen LogP contribution in [0.3, 0.4) is 0 Å². The van der Waals surface area contributed by atoms with Crippen LogP contribution >= 0.6 is 15.9 Å². The number of amides is 1. The average molecular weight is 361 g/mol. The number of para-hydroxylation sites is 2. The maximum absolute atomic E-state index is 12.0. The van der Waals surface area contributed by atoms with E-state index in [-0.39, 0.29) is 12.5 Å². The van der Waals surface area contributed by atoms with E-state index in [2.05, 4.69) is 26.5 Å². The molecule has 1 amide bonds. The van der Waals surface area contributed by atoms with Crippen molar-refractivity contribution in [3.8, 4) is 11.5 Å². The summed E-state index contributed by atoms with van der Waals surface area (Å²) in [6, 6.07) is 14.8. The molecule has 1 aliphatic rings. The van der Waals surface area contributed by atoms with Crippen LogP contribution in [-0.4, -0.2) is 24.8 Å². The van der Waals surface area contributed by atoms with E-state index in [1.165, 1.54) is 0 Å². The molecular formula is C16H13BrN2O3. The molecule has 22 heavy (non-hydrogen) atoms. The van der Waals surface area contributed by atoms with E-state index in [1.807, 2.05) is 36.4 Å². The van der Waals surface area contributed by atoms with Crippen molar-refractivity contribution in [2.24, 2.45) is 5.10 Å².